The number of halogens is 1. The van der Waals surface area contributed by atoms with Gasteiger partial charge in [-0.05, 0) is 68.9 Å². The van der Waals surface area contributed by atoms with Crippen molar-refractivity contribution in [3.63, 3.8) is 0 Å². The van der Waals surface area contributed by atoms with E-state index in [1.807, 2.05) is 25.9 Å². The molecule has 0 spiro atoms. The summed E-state index contributed by atoms with van der Waals surface area (Å²) < 4.78 is 18.6. The summed E-state index contributed by atoms with van der Waals surface area (Å²) in [6, 6.07) is 11.4. The lowest BCUT2D eigenvalue weighted by Crippen LogP contribution is -2.28. The highest BCUT2D eigenvalue weighted by atomic mass is 32.2. The Morgan fingerprint density at radius 2 is 1.97 bits per heavy atom. The van der Waals surface area contributed by atoms with Crippen LogP contribution in [-0.4, -0.2) is 49.8 Å². The number of esters is 1. The number of aryl methyl sites for hydroxylation is 1. The van der Waals surface area contributed by atoms with Crippen molar-refractivity contribution in [2.75, 3.05) is 37.9 Å². The Hall–Kier alpha value is -2.38. The molecule has 2 aromatic carbocycles. The number of carbonyl (C=O) groups excluding carboxylic acids is 2. The number of nitrogens with zero attached hydrogens (tertiary/aromatic N) is 2. The maximum atomic E-state index is 13.3. The Morgan fingerprint density at radius 1 is 1.24 bits per heavy atom. The Morgan fingerprint density at radius 3 is 2.62 bits per heavy atom. The molecule has 5 nitrogen and oxygen atoms in total. The molecule has 1 saturated heterocycles. The molecule has 2 aromatic rings. The van der Waals surface area contributed by atoms with Gasteiger partial charge in [-0.25, -0.2) is 9.18 Å². The van der Waals surface area contributed by atoms with Crippen molar-refractivity contribution in [3.8, 4) is 0 Å². The van der Waals surface area contributed by atoms with E-state index in [1.54, 1.807) is 35.2 Å². The van der Waals surface area contributed by atoms with E-state index in [0.29, 0.717) is 17.9 Å². The smallest absolute Gasteiger partial charge is 0.338 e. The Labute approximate surface area is 174 Å². The van der Waals surface area contributed by atoms with Crippen LogP contribution < -0.4 is 4.90 Å². The topological polar surface area (TPSA) is 49.9 Å². The molecule has 0 aliphatic carbocycles. The van der Waals surface area contributed by atoms with Gasteiger partial charge in [-0.3, -0.25) is 9.69 Å². The summed E-state index contributed by atoms with van der Waals surface area (Å²) in [6.45, 7) is 3.09. The van der Waals surface area contributed by atoms with Crippen LogP contribution in [-0.2, 0) is 9.53 Å². The van der Waals surface area contributed by atoms with Crippen molar-refractivity contribution >= 4 is 29.3 Å². The molecule has 3 rings (SSSR count). The van der Waals surface area contributed by atoms with E-state index in [4.69, 9.17) is 4.74 Å². The fourth-order valence-corrected chi connectivity index (χ4v) is 4.41. The first-order chi connectivity index (χ1) is 13.9. The highest BCUT2D eigenvalue weighted by molar-refractivity contribution is 8.00. The minimum atomic E-state index is -0.365. The van der Waals surface area contributed by atoms with Gasteiger partial charge in [0.05, 0.1) is 17.9 Å². The highest BCUT2D eigenvalue weighted by Crippen LogP contribution is 2.42. The van der Waals surface area contributed by atoms with E-state index in [-0.39, 0.29) is 23.1 Å². The summed E-state index contributed by atoms with van der Waals surface area (Å²) in [7, 11) is 3.95. The molecule has 1 amide bonds. The van der Waals surface area contributed by atoms with Crippen LogP contribution >= 0.6 is 11.8 Å². The molecule has 0 bridgehead atoms. The summed E-state index contributed by atoms with van der Waals surface area (Å²) in [6.07, 6.45) is 0.772. The molecular weight excluding hydrogens is 391 g/mol. The zero-order chi connectivity index (χ0) is 21.0. The molecule has 0 saturated carbocycles. The van der Waals surface area contributed by atoms with E-state index < -0.39 is 0 Å². The summed E-state index contributed by atoms with van der Waals surface area (Å²) in [5.74, 6) is -0.321. The minimum Gasteiger partial charge on any atom is -0.462 e. The maximum absolute atomic E-state index is 13.3. The number of hydrogen-bond donors (Lipinski definition) is 0. The van der Waals surface area contributed by atoms with E-state index in [9.17, 15) is 14.0 Å². The molecular formula is C22H25FN2O3S. The molecule has 7 heteroatoms. The number of benzene rings is 2. The van der Waals surface area contributed by atoms with Gasteiger partial charge in [0.1, 0.15) is 11.2 Å². The van der Waals surface area contributed by atoms with Crippen LogP contribution in [0, 0.1) is 12.7 Å². The molecule has 1 atom stereocenters. The second-order valence-electron chi connectivity index (χ2n) is 7.27. The standard InChI is InChI=1S/C22H25FN2O3S/c1-15-13-17(22(27)28-12-4-11-24(2)3)7-10-19(15)25-20(26)14-29-21(25)16-5-8-18(23)9-6-16/h5-10,13,21H,4,11-12,14H2,1-3H3. The lowest BCUT2D eigenvalue weighted by Gasteiger charge is -2.26. The van der Waals surface area contributed by atoms with Gasteiger partial charge in [0, 0.05) is 12.2 Å². The molecule has 0 aromatic heterocycles. The summed E-state index contributed by atoms with van der Waals surface area (Å²) in [5.41, 5.74) is 2.90. The fraction of sp³-hybridized carbons (Fsp3) is 0.364. The van der Waals surface area contributed by atoms with Gasteiger partial charge in [0.15, 0.2) is 0 Å². The monoisotopic (exact) mass is 416 g/mol. The fourth-order valence-electron chi connectivity index (χ4n) is 3.24. The molecule has 29 heavy (non-hydrogen) atoms. The molecule has 1 heterocycles. The lowest BCUT2D eigenvalue weighted by molar-refractivity contribution is -0.115. The van der Waals surface area contributed by atoms with Gasteiger partial charge in [-0.15, -0.1) is 11.8 Å². The predicted octanol–water partition coefficient (Wildman–Crippen LogP) is 4.02. The van der Waals surface area contributed by atoms with Crippen molar-refractivity contribution in [2.24, 2.45) is 0 Å². The van der Waals surface area contributed by atoms with Crippen molar-refractivity contribution in [1.82, 2.24) is 4.90 Å². The third kappa shape index (κ3) is 5.16. The van der Waals surface area contributed by atoms with Gasteiger partial charge >= 0.3 is 5.97 Å². The van der Waals surface area contributed by atoms with Crippen LogP contribution in [0.15, 0.2) is 42.5 Å². The molecule has 0 N–H and O–H groups in total. The first-order valence-corrected chi connectivity index (χ1v) is 10.5. The Balaban J connectivity index is 1.75. The van der Waals surface area contributed by atoms with Crippen LogP contribution in [0.2, 0.25) is 0 Å². The van der Waals surface area contributed by atoms with Crippen molar-refractivity contribution < 1.29 is 18.7 Å². The summed E-state index contributed by atoms with van der Waals surface area (Å²) >= 11 is 1.51. The largest absolute Gasteiger partial charge is 0.462 e. The van der Waals surface area contributed by atoms with Gasteiger partial charge < -0.3 is 9.64 Å². The van der Waals surface area contributed by atoms with Gasteiger partial charge in [0.25, 0.3) is 0 Å². The highest BCUT2D eigenvalue weighted by Gasteiger charge is 2.35. The quantitative estimate of drug-likeness (QED) is 0.504. The molecule has 154 valence electrons. The van der Waals surface area contributed by atoms with Crippen LogP contribution in [0.1, 0.15) is 33.3 Å². The third-order valence-electron chi connectivity index (χ3n) is 4.70. The van der Waals surface area contributed by atoms with Crippen molar-refractivity contribution in [2.45, 2.75) is 18.7 Å². The van der Waals surface area contributed by atoms with E-state index in [0.717, 1.165) is 29.8 Å². The maximum Gasteiger partial charge on any atom is 0.338 e. The first kappa shape index (κ1) is 21.3. The Kier molecular flexibility index (Phi) is 6.92. The molecule has 1 unspecified atom stereocenters. The average Bonchev–Trinajstić information content (AvgIpc) is 3.06. The number of hydrogen-bond acceptors (Lipinski definition) is 5. The second kappa shape index (κ2) is 9.41. The number of carbonyl (C=O) groups is 2. The first-order valence-electron chi connectivity index (χ1n) is 9.48. The third-order valence-corrected chi connectivity index (χ3v) is 5.91. The number of thioether (sulfide) groups is 1. The van der Waals surface area contributed by atoms with E-state index in [2.05, 4.69) is 0 Å². The number of anilines is 1. The molecule has 1 aliphatic heterocycles. The summed E-state index contributed by atoms with van der Waals surface area (Å²) in [5, 5.41) is -0.217. The van der Waals surface area contributed by atoms with Crippen molar-refractivity contribution in [1.29, 1.82) is 0 Å². The Bertz CT molecular complexity index is 886. The second-order valence-corrected chi connectivity index (χ2v) is 8.34. The molecule has 0 radical (unpaired) electrons. The van der Waals surface area contributed by atoms with Crippen molar-refractivity contribution in [3.05, 3.63) is 65.0 Å². The average molecular weight is 417 g/mol. The van der Waals surface area contributed by atoms with Gasteiger partial charge in [-0.2, -0.15) is 0 Å². The van der Waals surface area contributed by atoms with Gasteiger partial charge in [-0.1, -0.05) is 12.1 Å². The van der Waals surface area contributed by atoms with Crippen LogP contribution in [0.4, 0.5) is 10.1 Å². The van der Waals surface area contributed by atoms with E-state index in [1.165, 1.54) is 23.9 Å². The van der Waals surface area contributed by atoms with Gasteiger partial charge in [0.2, 0.25) is 5.91 Å². The minimum absolute atomic E-state index is 0.00793. The number of rotatable bonds is 7. The molecule has 1 aliphatic rings. The lowest BCUT2D eigenvalue weighted by atomic mass is 10.1. The predicted molar refractivity (Wildman–Crippen MR) is 114 cm³/mol. The number of ether oxygens (including phenoxy) is 1. The van der Waals surface area contributed by atoms with Crippen LogP contribution in [0.5, 0.6) is 0 Å². The van der Waals surface area contributed by atoms with E-state index >= 15 is 0 Å². The zero-order valence-electron chi connectivity index (χ0n) is 16.9. The summed E-state index contributed by atoms with van der Waals surface area (Å²) in [4.78, 5) is 28.6. The number of amides is 1. The molecule has 1 fully saturated rings. The van der Waals surface area contributed by atoms with Crippen LogP contribution in [0.25, 0.3) is 0 Å². The van der Waals surface area contributed by atoms with Crippen LogP contribution in [0.3, 0.4) is 0 Å². The SMILES string of the molecule is Cc1cc(C(=O)OCCCN(C)C)ccc1N1C(=O)CSC1c1ccc(F)cc1. The zero-order valence-corrected chi connectivity index (χ0v) is 17.7. The normalized spacial score (nSPS) is 16.5.